The molecule has 3 aliphatic carbocycles. The third-order valence-electron chi connectivity index (χ3n) is 7.53. The first-order chi connectivity index (χ1) is 9.49. The van der Waals surface area contributed by atoms with Gasteiger partial charge in [0.1, 0.15) is 0 Å². The van der Waals surface area contributed by atoms with Crippen LogP contribution in [0.5, 0.6) is 0 Å². The Morgan fingerprint density at radius 1 is 1.15 bits per heavy atom. The van der Waals surface area contributed by atoms with Crippen molar-refractivity contribution < 1.29 is 4.74 Å². The lowest BCUT2D eigenvalue weighted by atomic mass is 9.70. The summed E-state index contributed by atoms with van der Waals surface area (Å²) in [7, 11) is 2.11. The Morgan fingerprint density at radius 3 is 2.35 bits per heavy atom. The standard InChI is InChI=1S/C18H33NO/c1-17(2)14-9-10-18(17,3)16(11-14)20-12-15(19-4)13-7-5-6-8-13/h13-16,19H,5-12H2,1-4H3. The molecule has 0 radical (unpaired) electrons. The summed E-state index contributed by atoms with van der Waals surface area (Å²) in [5, 5.41) is 3.52. The molecule has 0 saturated heterocycles. The molecule has 0 aliphatic heterocycles. The van der Waals surface area contributed by atoms with E-state index in [9.17, 15) is 0 Å². The maximum atomic E-state index is 6.48. The van der Waals surface area contributed by atoms with Gasteiger partial charge in [0, 0.05) is 6.04 Å². The van der Waals surface area contributed by atoms with Crippen LogP contribution in [0.3, 0.4) is 0 Å². The maximum Gasteiger partial charge on any atom is 0.0637 e. The lowest BCUT2D eigenvalue weighted by Gasteiger charge is -2.39. The van der Waals surface area contributed by atoms with Gasteiger partial charge in [-0.1, -0.05) is 33.6 Å². The summed E-state index contributed by atoms with van der Waals surface area (Å²) in [5.74, 6) is 1.73. The van der Waals surface area contributed by atoms with E-state index in [4.69, 9.17) is 4.74 Å². The molecule has 0 spiro atoms. The number of likely N-dealkylation sites (N-methyl/N-ethyl adjacent to an activating group) is 1. The summed E-state index contributed by atoms with van der Waals surface area (Å²) in [6, 6.07) is 0.573. The highest BCUT2D eigenvalue weighted by molar-refractivity contribution is 5.11. The quantitative estimate of drug-likeness (QED) is 0.821. The fourth-order valence-corrected chi connectivity index (χ4v) is 5.42. The highest BCUT2D eigenvalue weighted by atomic mass is 16.5. The topological polar surface area (TPSA) is 21.3 Å². The molecule has 2 nitrogen and oxygen atoms in total. The predicted octanol–water partition coefficient (Wildman–Crippen LogP) is 4.00. The highest BCUT2D eigenvalue weighted by Gasteiger charge is 2.61. The van der Waals surface area contributed by atoms with Crippen molar-refractivity contribution in [3.63, 3.8) is 0 Å². The molecule has 3 rings (SSSR count). The molecule has 3 aliphatic rings. The van der Waals surface area contributed by atoms with Crippen molar-refractivity contribution in [2.24, 2.45) is 22.7 Å². The second-order valence-electron chi connectivity index (χ2n) is 8.37. The second-order valence-corrected chi connectivity index (χ2v) is 8.37. The summed E-state index contributed by atoms with van der Waals surface area (Å²) in [5.41, 5.74) is 0.881. The summed E-state index contributed by atoms with van der Waals surface area (Å²) in [6.45, 7) is 8.35. The van der Waals surface area contributed by atoms with Crippen LogP contribution in [0.15, 0.2) is 0 Å². The average Bonchev–Trinajstić information content (AvgIpc) is 3.05. The first kappa shape index (κ1) is 14.8. The summed E-state index contributed by atoms with van der Waals surface area (Å²) in [4.78, 5) is 0. The van der Waals surface area contributed by atoms with Gasteiger partial charge in [0.05, 0.1) is 12.7 Å². The zero-order valence-corrected chi connectivity index (χ0v) is 13.9. The summed E-state index contributed by atoms with van der Waals surface area (Å²) in [6.07, 6.45) is 10.2. The Balaban J connectivity index is 1.59. The van der Waals surface area contributed by atoms with Gasteiger partial charge in [-0.2, -0.15) is 0 Å². The molecule has 20 heavy (non-hydrogen) atoms. The molecular weight excluding hydrogens is 246 g/mol. The lowest BCUT2D eigenvalue weighted by molar-refractivity contribution is -0.0572. The van der Waals surface area contributed by atoms with Crippen LogP contribution in [0.2, 0.25) is 0 Å². The van der Waals surface area contributed by atoms with Crippen molar-refractivity contribution in [3.8, 4) is 0 Å². The minimum Gasteiger partial charge on any atom is -0.376 e. The van der Waals surface area contributed by atoms with Crippen LogP contribution < -0.4 is 5.32 Å². The predicted molar refractivity (Wildman–Crippen MR) is 83.8 cm³/mol. The minimum atomic E-state index is 0.408. The van der Waals surface area contributed by atoms with Crippen LogP contribution in [-0.2, 0) is 4.74 Å². The zero-order valence-electron chi connectivity index (χ0n) is 13.9. The number of nitrogens with one attached hydrogen (secondary N) is 1. The molecule has 4 atom stereocenters. The van der Waals surface area contributed by atoms with E-state index in [0.717, 1.165) is 18.4 Å². The first-order valence-corrected chi connectivity index (χ1v) is 8.78. The molecule has 2 bridgehead atoms. The summed E-state index contributed by atoms with van der Waals surface area (Å²) >= 11 is 0. The lowest BCUT2D eigenvalue weighted by Crippen LogP contribution is -2.42. The van der Waals surface area contributed by atoms with Crippen molar-refractivity contribution >= 4 is 0 Å². The summed E-state index contributed by atoms with van der Waals surface area (Å²) < 4.78 is 6.48. The van der Waals surface area contributed by atoms with E-state index in [1.807, 2.05) is 0 Å². The Labute approximate surface area is 125 Å². The fourth-order valence-electron chi connectivity index (χ4n) is 5.42. The van der Waals surface area contributed by atoms with E-state index in [2.05, 4.69) is 33.1 Å². The van der Waals surface area contributed by atoms with Crippen molar-refractivity contribution in [3.05, 3.63) is 0 Å². The molecule has 0 aromatic heterocycles. The van der Waals surface area contributed by atoms with Crippen LogP contribution in [-0.4, -0.2) is 25.8 Å². The molecule has 0 aromatic rings. The van der Waals surface area contributed by atoms with Gasteiger partial charge < -0.3 is 10.1 Å². The van der Waals surface area contributed by atoms with E-state index in [0.29, 0.717) is 23.0 Å². The molecule has 116 valence electrons. The van der Waals surface area contributed by atoms with Crippen molar-refractivity contribution in [1.29, 1.82) is 0 Å². The minimum absolute atomic E-state index is 0.408. The molecule has 4 unspecified atom stereocenters. The smallest absolute Gasteiger partial charge is 0.0637 e. The zero-order chi connectivity index (χ0) is 14.4. The van der Waals surface area contributed by atoms with Gasteiger partial charge >= 0.3 is 0 Å². The monoisotopic (exact) mass is 279 g/mol. The number of hydrogen-bond donors (Lipinski definition) is 1. The van der Waals surface area contributed by atoms with Crippen molar-refractivity contribution in [1.82, 2.24) is 5.32 Å². The van der Waals surface area contributed by atoms with Gasteiger partial charge in [-0.3, -0.25) is 0 Å². The first-order valence-electron chi connectivity index (χ1n) is 8.78. The molecule has 3 saturated carbocycles. The molecule has 0 aromatic carbocycles. The Bertz CT molecular complexity index is 347. The van der Waals surface area contributed by atoms with E-state index in [1.165, 1.54) is 44.9 Å². The van der Waals surface area contributed by atoms with Crippen molar-refractivity contribution in [2.45, 2.75) is 77.9 Å². The van der Waals surface area contributed by atoms with Crippen LogP contribution in [0.25, 0.3) is 0 Å². The number of hydrogen-bond acceptors (Lipinski definition) is 2. The van der Waals surface area contributed by atoms with Crippen LogP contribution in [0.4, 0.5) is 0 Å². The Morgan fingerprint density at radius 2 is 1.85 bits per heavy atom. The average molecular weight is 279 g/mol. The molecule has 2 heteroatoms. The molecular formula is C18H33NO. The molecule has 1 N–H and O–H groups in total. The van der Waals surface area contributed by atoms with Gasteiger partial charge in [-0.25, -0.2) is 0 Å². The third-order valence-corrected chi connectivity index (χ3v) is 7.53. The molecule has 0 amide bonds. The maximum absolute atomic E-state index is 6.48. The van der Waals surface area contributed by atoms with E-state index < -0.39 is 0 Å². The molecule has 0 heterocycles. The fraction of sp³-hybridized carbons (Fsp3) is 1.00. The van der Waals surface area contributed by atoms with Gasteiger partial charge in [0.2, 0.25) is 0 Å². The SMILES string of the molecule is CNC(COC1CC2CCC1(C)C2(C)C)C1CCCC1. The van der Waals surface area contributed by atoms with Gasteiger partial charge in [-0.05, 0) is 61.8 Å². The van der Waals surface area contributed by atoms with E-state index in [-0.39, 0.29) is 0 Å². The highest BCUT2D eigenvalue weighted by Crippen LogP contribution is 2.66. The normalized spacial score (nSPS) is 41.4. The Kier molecular flexibility index (Phi) is 3.92. The van der Waals surface area contributed by atoms with Gasteiger partial charge in [-0.15, -0.1) is 0 Å². The van der Waals surface area contributed by atoms with Crippen molar-refractivity contribution in [2.75, 3.05) is 13.7 Å². The number of fused-ring (bicyclic) bond motifs is 2. The Hall–Kier alpha value is -0.0800. The molecule has 3 fully saturated rings. The largest absolute Gasteiger partial charge is 0.376 e. The third kappa shape index (κ3) is 2.14. The second kappa shape index (κ2) is 5.28. The number of rotatable bonds is 5. The van der Waals surface area contributed by atoms with Crippen LogP contribution >= 0.6 is 0 Å². The van der Waals surface area contributed by atoms with E-state index in [1.54, 1.807) is 0 Å². The van der Waals surface area contributed by atoms with Gasteiger partial charge in [0.25, 0.3) is 0 Å². The van der Waals surface area contributed by atoms with Gasteiger partial charge in [0.15, 0.2) is 0 Å². The van der Waals surface area contributed by atoms with E-state index >= 15 is 0 Å². The van der Waals surface area contributed by atoms with Crippen LogP contribution in [0.1, 0.15) is 65.7 Å². The van der Waals surface area contributed by atoms with Crippen LogP contribution in [0, 0.1) is 22.7 Å². The number of ether oxygens (including phenoxy) is 1.